The highest BCUT2D eigenvalue weighted by molar-refractivity contribution is 5.64. The van der Waals surface area contributed by atoms with Crippen LogP contribution in [0.3, 0.4) is 0 Å². The molecule has 0 unspecified atom stereocenters. The quantitative estimate of drug-likeness (QED) is 0.0160. The van der Waals surface area contributed by atoms with Gasteiger partial charge in [0.1, 0.15) is 64.7 Å². The molecule has 0 spiro atoms. The van der Waals surface area contributed by atoms with Crippen molar-refractivity contribution in [1.82, 2.24) is 9.13 Å². The maximum absolute atomic E-state index is 10.4. The minimum Gasteiger partial charge on any atom is -0.506 e. The predicted octanol–water partition coefficient (Wildman–Crippen LogP) is 10.8. The number of hydrogen-bond acceptors (Lipinski definition) is 17. The molecule has 6 aromatic heterocycles. The van der Waals surface area contributed by atoms with Gasteiger partial charge in [0.25, 0.3) is 0 Å². The van der Waals surface area contributed by atoms with Crippen LogP contribution in [-0.2, 0) is 52.4 Å². The number of aromatic hydroxyl groups is 1. The molecule has 0 radical (unpaired) electrons. The lowest BCUT2D eigenvalue weighted by atomic mass is 10.1. The lowest BCUT2D eigenvalue weighted by Crippen LogP contribution is -2.37. The first-order chi connectivity index (χ1) is 48.6. The van der Waals surface area contributed by atoms with Crippen LogP contribution >= 0.6 is 0 Å². The van der Waals surface area contributed by atoms with E-state index in [1.165, 1.54) is 0 Å². The standard InChI is InChI=1S/C38H48N10O3.C36H44N9O3/c1-3-39-35-28-37(51)36(27-31(35)2)42-41-33-9-6-15-44(29-33)16-7-17-45-21-22-46(30-45)18-8-20-48-19-5-4-10-38(48)43-40-32-11-13-34(14-12-32)47(23-25-49)24-26-50;1-48-35-15-11-32(12-16-35)37-39-33-7-4-17-41(29-33)18-5-19-42-23-24-43(30-42)20-6-22-45-21-3-2-8-36(45)40-38-31-9-13-34(14-10-31)44(25-27-46)26-28-47/h4-6,9-15,19,21-22,27-30,49-50H,3,7-8,16-18,20,23-26H2,1-2H3,(H-,39,41,51);2-4,7-17,21,23-24,29-30,46-47H,5-6,18-20,22,25-28H2,1H3/q+2;+3/p+1. The van der Waals surface area contributed by atoms with Crippen molar-refractivity contribution in [2.75, 3.05) is 81.4 Å². The second-order valence-electron chi connectivity index (χ2n) is 23.4. The van der Waals surface area contributed by atoms with Gasteiger partial charge >= 0.3 is 11.6 Å². The third-order valence-electron chi connectivity index (χ3n) is 16.1. The fourth-order valence-electron chi connectivity index (χ4n) is 11.0. The van der Waals surface area contributed by atoms with Gasteiger partial charge in [-0.15, -0.1) is 15.3 Å². The molecule has 0 fully saturated rings. The van der Waals surface area contributed by atoms with Gasteiger partial charge in [0.2, 0.25) is 12.7 Å². The van der Waals surface area contributed by atoms with Crippen molar-refractivity contribution >= 4 is 62.8 Å². The summed E-state index contributed by atoms with van der Waals surface area (Å²) in [5.74, 6) is 2.46. The lowest BCUT2D eigenvalue weighted by Gasteiger charge is -2.22. The lowest BCUT2D eigenvalue weighted by molar-refractivity contribution is -0.726. The van der Waals surface area contributed by atoms with E-state index in [1.807, 2.05) is 194 Å². The zero-order valence-corrected chi connectivity index (χ0v) is 56.8. The molecule has 25 heteroatoms. The Morgan fingerprint density at radius 1 is 0.444 bits per heavy atom. The third kappa shape index (κ3) is 23.4. The van der Waals surface area contributed by atoms with Gasteiger partial charge in [0.15, 0.2) is 37.9 Å². The number of aliphatic hydroxyl groups is 4. The number of benzene rings is 4. The number of imidazole rings is 2. The Kier molecular flexibility index (Phi) is 28.8. The summed E-state index contributed by atoms with van der Waals surface area (Å²) in [5, 5.41) is 86.1. The van der Waals surface area contributed by atoms with E-state index in [0.29, 0.717) is 31.9 Å². The Morgan fingerprint density at radius 2 is 0.879 bits per heavy atom. The number of aliphatic hydroxyl groups excluding tert-OH is 4. The minimum atomic E-state index is 0.0210. The van der Waals surface area contributed by atoms with E-state index in [4.69, 9.17) is 4.74 Å². The third-order valence-corrected chi connectivity index (χ3v) is 16.1. The molecule has 99 heavy (non-hydrogen) atoms. The Labute approximate surface area is 578 Å². The van der Waals surface area contributed by atoms with Crippen LogP contribution in [-0.4, -0.2) is 101 Å². The fraction of sp³-hybridized carbons (Fsp3) is 0.324. The minimum absolute atomic E-state index is 0.0210. The van der Waals surface area contributed by atoms with Gasteiger partial charge in [-0.1, -0.05) is 12.1 Å². The number of methoxy groups -OCH3 is 1. The molecule has 6 N–H and O–H groups in total. The second kappa shape index (κ2) is 39.4. The number of azo groups is 4. The van der Waals surface area contributed by atoms with E-state index in [1.54, 1.807) is 13.2 Å². The molecule has 0 saturated heterocycles. The van der Waals surface area contributed by atoms with Crippen LogP contribution in [0.4, 0.5) is 62.8 Å². The molecule has 0 aliphatic carbocycles. The molecule has 0 aliphatic heterocycles. The molecule has 10 rings (SSSR count). The van der Waals surface area contributed by atoms with Crippen LogP contribution in [0.5, 0.6) is 11.5 Å². The SMILES string of the molecule is CCNc1cc(O)c(N=Nc2ccc[n+](CCC[n+]3ccn(CCC[n+]4ccccc4N=Nc4ccc(N(CCO)CCO)cc4)c3)c2)cc1C.COc1ccc(N=Nc2ccc[n+](CCC[n+]3ccn(CCC[n+]4ccccc4N=Nc4ccc(N(CCO)CCO)cc4)c3)c2)cc1. The number of hydrogen-bond donors (Lipinski definition) is 6. The Morgan fingerprint density at radius 3 is 1.33 bits per heavy atom. The first-order valence-electron chi connectivity index (χ1n) is 33.7. The molecule has 10 aromatic rings. The Hall–Kier alpha value is -10.9. The second-order valence-corrected chi connectivity index (χ2v) is 23.4. The van der Waals surface area contributed by atoms with E-state index < -0.39 is 0 Å². The summed E-state index contributed by atoms with van der Waals surface area (Å²) in [5.41, 5.74) is 7.96. The van der Waals surface area contributed by atoms with Crippen molar-refractivity contribution in [2.24, 2.45) is 40.9 Å². The molecule has 0 bridgehead atoms. The zero-order chi connectivity index (χ0) is 69.2. The average Bonchev–Trinajstić information content (AvgIpc) is 2.43. The van der Waals surface area contributed by atoms with Crippen molar-refractivity contribution < 1.29 is 57.7 Å². The van der Waals surface area contributed by atoms with Gasteiger partial charge < -0.3 is 45.4 Å². The molecular formula is C74H93N19O6+6. The number of pyridine rings is 4. The van der Waals surface area contributed by atoms with Crippen LogP contribution in [0.25, 0.3) is 0 Å². The largest absolute Gasteiger partial charge is 0.506 e. The summed E-state index contributed by atoms with van der Waals surface area (Å²) < 4.78 is 22.5. The normalized spacial score (nSPS) is 11.5. The van der Waals surface area contributed by atoms with Crippen molar-refractivity contribution in [2.45, 2.75) is 91.9 Å². The molecule has 514 valence electrons. The van der Waals surface area contributed by atoms with Crippen LogP contribution < -0.4 is 47.3 Å². The summed E-state index contributed by atoms with van der Waals surface area (Å²) in [6.45, 7) is 13.6. The average molecular weight is 1340 g/mol. The van der Waals surface area contributed by atoms with Crippen LogP contribution in [0.15, 0.2) is 261 Å². The molecule has 0 atom stereocenters. The van der Waals surface area contributed by atoms with Gasteiger partial charge in [0.05, 0.1) is 101 Å². The van der Waals surface area contributed by atoms with Crippen LogP contribution in [0, 0.1) is 6.92 Å². The van der Waals surface area contributed by atoms with Crippen molar-refractivity contribution in [3.63, 3.8) is 0 Å². The smallest absolute Gasteiger partial charge is 0.350 e. The summed E-state index contributed by atoms with van der Waals surface area (Å²) in [4.78, 5) is 3.85. The fourth-order valence-corrected chi connectivity index (χ4v) is 11.0. The van der Waals surface area contributed by atoms with Gasteiger partial charge in [-0.05, 0) is 133 Å². The molecular weight excluding hydrogens is 1250 g/mol. The molecule has 25 nitrogen and oxygen atoms in total. The van der Waals surface area contributed by atoms with Gasteiger partial charge in [-0.2, -0.15) is 5.11 Å². The number of rotatable bonds is 37. The van der Waals surface area contributed by atoms with E-state index in [9.17, 15) is 25.5 Å². The van der Waals surface area contributed by atoms with Gasteiger partial charge in [0, 0.05) is 106 Å². The number of nitrogens with one attached hydrogen (secondary N) is 1. The topological polar surface area (TPSA) is 261 Å². The monoisotopic (exact) mass is 1340 g/mol. The summed E-state index contributed by atoms with van der Waals surface area (Å²) in [6.07, 6.45) is 28.7. The van der Waals surface area contributed by atoms with Crippen molar-refractivity contribution in [3.8, 4) is 11.5 Å². The maximum atomic E-state index is 10.4. The highest BCUT2D eigenvalue weighted by Crippen LogP contribution is 2.34. The Balaban J connectivity index is 0.000000232. The number of nitrogens with zero attached hydrogens (tertiary/aromatic N) is 18. The molecule has 0 saturated carbocycles. The number of phenolic OH excluding ortho intramolecular Hbond substituents is 1. The number of aryl methyl sites for hydroxylation is 9. The predicted molar refractivity (Wildman–Crippen MR) is 377 cm³/mol. The first kappa shape index (κ1) is 72.4. The van der Waals surface area contributed by atoms with Crippen molar-refractivity contribution in [1.29, 1.82) is 0 Å². The highest BCUT2D eigenvalue weighted by atomic mass is 16.5. The molecule has 6 heterocycles. The zero-order valence-electron chi connectivity index (χ0n) is 56.8. The number of aromatic nitrogens is 8. The van der Waals surface area contributed by atoms with E-state index >= 15 is 0 Å². The molecule has 0 amide bonds. The number of phenols is 1. The van der Waals surface area contributed by atoms with Gasteiger partial charge in [-0.25, -0.2) is 36.5 Å². The van der Waals surface area contributed by atoms with E-state index in [-0.39, 0.29) is 32.2 Å². The van der Waals surface area contributed by atoms with E-state index in [2.05, 4.69) is 126 Å². The number of anilines is 3. The Bertz CT molecular complexity index is 4170. The summed E-state index contributed by atoms with van der Waals surface area (Å²) in [7, 11) is 1.64. The highest BCUT2D eigenvalue weighted by Gasteiger charge is 2.16. The first-order valence-corrected chi connectivity index (χ1v) is 33.7. The van der Waals surface area contributed by atoms with Crippen LogP contribution in [0.2, 0.25) is 0 Å². The van der Waals surface area contributed by atoms with Gasteiger partial charge in [-0.3, -0.25) is 0 Å². The maximum Gasteiger partial charge on any atom is 0.350 e. The van der Waals surface area contributed by atoms with Crippen molar-refractivity contribution in [3.05, 3.63) is 226 Å². The van der Waals surface area contributed by atoms with Crippen LogP contribution in [0.1, 0.15) is 38.2 Å². The van der Waals surface area contributed by atoms with E-state index in [0.717, 1.165) is 153 Å². The molecule has 4 aromatic carbocycles. The summed E-state index contributed by atoms with van der Waals surface area (Å²) in [6, 6.07) is 46.0. The molecule has 0 aliphatic rings. The number of ether oxygens (including phenoxy) is 1. The summed E-state index contributed by atoms with van der Waals surface area (Å²) >= 11 is 0.